The molecule has 1 aromatic carbocycles. The molecule has 1 aliphatic rings. The fourth-order valence-corrected chi connectivity index (χ4v) is 2.68. The molecule has 0 spiro atoms. The van der Waals surface area contributed by atoms with E-state index in [-0.39, 0.29) is 5.91 Å². The average molecular weight is 285 g/mol. The van der Waals surface area contributed by atoms with Crippen LogP contribution in [0.25, 0.3) is 0 Å². The van der Waals surface area contributed by atoms with Crippen LogP contribution in [0.1, 0.15) is 50.5 Å². The lowest BCUT2D eigenvalue weighted by Crippen LogP contribution is -2.19. The molecule has 0 heterocycles. The zero-order chi connectivity index (χ0) is 15.1. The fraction of sp³-hybridized carbons (Fsp3) is 0.389. The van der Waals surface area contributed by atoms with Gasteiger partial charge in [0.05, 0.1) is 6.42 Å². The lowest BCUT2D eigenvalue weighted by Gasteiger charge is -2.17. The smallest absolute Gasteiger partial charge is 0.247 e. The third-order valence-corrected chi connectivity index (χ3v) is 4.10. The van der Waals surface area contributed by atoms with Gasteiger partial charge in [-0.25, -0.2) is 5.48 Å². The molecule has 21 heavy (non-hydrogen) atoms. The molecule has 3 nitrogen and oxygen atoms in total. The van der Waals surface area contributed by atoms with Gasteiger partial charge in [0.25, 0.3) is 0 Å². The van der Waals surface area contributed by atoms with Crippen molar-refractivity contribution < 1.29 is 10.0 Å². The van der Waals surface area contributed by atoms with Gasteiger partial charge in [-0.15, -0.1) is 0 Å². The Bertz CT molecular complexity index is 531. The first-order valence-electron chi connectivity index (χ1n) is 7.54. The molecule has 1 unspecified atom stereocenters. The Morgan fingerprint density at radius 2 is 1.86 bits per heavy atom. The van der Waals surface area contributed by atoms with Gasteiger partial charge in [0.1, 0.15) is 0 Å². The number of benzene rings is 1. The third-order valence-electron chi connectivity index (χ3n) is 4.10. The Hall–Kier alpha value is -1.87. The first-order valence-corrected chi connectivity index (χ1v) is 7.54. The quantitative estimate of drug-likeness (QED) is 0.610. The molecule has 0 fully saturated rings. The van der Waals surface area contributed by atoms with Crippen molar-refractivity contribution >= 4 is 5.91 Å². The molecule has 0 saturated heterocycles. The van der Waals surface area contributed by atoms with Crippen LogP contribution in [-0.2, 0) is 4.79 Å². The van der Waals surface area contributed by atoms with Gasteiger partial charge >= 0.3 is 0 Å². The first kappa shape index (κ1) is 15.5. The third kappa shape index (κ3) is 4.87. The van der Waals surface area contributed by atoms with Crippen molar-refractivity contribution in [2.24, 2.45) is 0 Å². The van der Waals surface area contributed by atoms with E-state index in [1.165, 1.54) is 11.1 Å². The van der Waals surface area contributed by atoms with E-state index in [2.05, 4.69) is 43.3 Å². The maximum absolute atomic E-state index is 11.1. The van der Waals surface area contributed by atoms with Gasteiger partial charge < -0.3 is 0 Å². The van der Waals surface area contributed by atoms with Crippen LogP contribution >= 0.6 is 0 Å². The van der Waals surface area contributed by atoms with Crippen LogP contribution < -0.4 is 5.48 Å². The summed E-state index contributed by atoms with van der Waals surface area (Å²) >= 11 is 0. The molecule has 0 aliphatic heterocycles. The van der Waals surface area contributed by atoms with E-state index in [1.807, 2.05) is 6.08 Å². The second-order valence-corrected chi connectivity index (χ2v) is 5.71. The summed E-state index contributed by atoms with van der Waals surface area (Å²) in [7, 11) is 0. The number of carbonyl (C=O) groups excluding carboxylic acids is 1. The molecule has 1 atom stereocenters. The van der Waals surface area contributed by atoms with Crippen molar-refractivity contribution in [2.45, 2.75) is 44.9 Å². The van der Waals surface area contributed by atoms with Crippen LogP contribution in [0, 0.1) is 0 Å². The SMILES string of the molecule is CC(CCC1=CC=C(CC(=O)NO)CC1)c1ccccc1. The number of nitrogens with one attached hydrogen (secondary N) is 1. The maximum atomic E-state index is 11.1. The summed E-state index contributed by atoms with van der Waals surface area (Å²) in [6.45, 7) is 2.27. The normalized spacial score (nSPS) is 15.9. The minimum atomic E-state index is -0.337. The zero-order valence-corrected chi connectivity index (χ0v) is 12.5. The highest BCUT2D eigenvalue weighted by Crippen LogP contribution is 2.28. The molecule has 0 saturated carbocycles. The monoisotopic (exact) mass is 285 g/mol. The highest BCUT2D eigenvalue weighted by atomic mass is 16.5. The Balaban J connectivity index is 1.83. The van der Waals surface area contributed by atoms with Crippen LogP contribution in [0.4, 0.5) is 0 Å². The van der Waals surface area contributed by atoms with E-state index in [0.717, 1.165) is 31.3 Å². The predicted molar refractivity (Wildman–Crippen MR) is 84.0 cm³/mol. The van der Waals surface area contributed by atoms with E-state index in [0.29, 0.717) is 12.3 Å². The standard InChI is InChI=1S/C18H23NO2/c1-14(17-5-3-2-4-6-17)7-8-15-9-11-16(12-10-15)13-18(20)19-21/h2-6,9,11,14,21H,7-8,10,12-13H2,1H3,(H,19,20). The number of hydroxylamine groups is 1. The minimum absolute atomic E-state index is 0.292. The van der Waals surface area contributed by atoms with Crippen LogP contribution in [0.3, 0.4) is 0 Å². The predicted octanol–water partition coefficient (Wildman–Crippen LogP) is 4.11. The summed E-state index contributed by atoms with van der Waals surface area (Å²) in [4.78, 5) is 11.1. The Kier molecular flexibility index (Phi) is 5.76. The van der Waals surface area contributed by atoms with Crippen LogP contribution in [-0.4, -0.2) is 11.1 Å². The van der Waals surface area contributed by atoms with E-state index in [4.69, 9.17) is 5.21 Å². The van der Waals surface area contributed by atoms with Gasteiger partial charge in [-0.05, 0) is 37.2 Å². The molecule has 1 aliphatic carbocycles. The molecule has 0 radical (unpaired) electrons. The Morgan fingerprint density at radius 3 is 2.48 bits per heavy atom. The summed E-state index contributed by atoms with van der Waals surface area (Å²) in [5, 5.41) is 8.53. The number of allylic oxidation sites excluding steroid dienone is 3. The molecular formula is C18H23NO2. The lowest BCUT2D eigenvalue weighted by molar-refractivity contribution is -0.128. The molecule has 2 rings (SSSR count). The summed E-state index contributed by atoms with van der Waals surface area (Å²) < 4.78 is 0. The highest BCUT2D eigenvalue weighted by molar-refractivity contribution is 5.77. The zero-order valence-electron chi connectivity index (χ0n) is 12.5. The molecular weight excluding hydrogens is 262 g/mol. The number of hydrogen-bond acceptors (Lipinski definition) is 2. The van der Waals surface area contributed by atoms with Gasteiger partial charge in [0.2, 0.25) is 5.91 Å². The van der Waals surface area contributed by atoms with Crippen LogP contribution in [0.15, 0.2) is 53.6 Å². The van der Waals surface area contributed by atoms with Crippen LogP contribution in [0.5, 0.6) is 0 Å². The molecule has 1 amide bonds. The van der Waals surface area contributed by atoms with E-state index in [9.17, 15) is 4.79 Å². The Labute approximate surface area is 126 Å². The maximum Gasteiger partial charge on any atom is 0.247 e. The van der Waals surface area contributed by atoms with Gasteiger partial charge in [0.15, 0.2) is 0 Å². The number of hydrogen-bond donors (Lipinski definition) is 2. The number of carbonyl (C=O) groups is 1. The second-order valence-electron chi connectivity index (χ2n) is 5.71. The average Bonchev–Trinajstić information content (AvgIpc) is 2.54. The van der Waals surface area contributed by atoms with Gasteiger partial charge in [-0.3, -0.25) is 10.0 Å². The summed E-state index contributed by atoms with van der Waals surface area (Å²) in [5.74, 6) is 0.230. The molecule has 1 aromatic rings. The molecule has 2 N–H and O–H groups in total. The molecule has 112 valence electrons. The highest BCUT2D eigenvalue weighted by Gasteiger charge is 2.11. The van der Waals surface area contributed by atoms with E-state index < -0.39 is 0 Å². The summed E-state index contributed by atoms with van der Waals surface area (Å²) in [6, 6.07) is 10.6. The first-order chi connectivity index (χ1) is 10.2. The van der Waals surface area contributed by atoms with Gasteiger partial charge in [-0.2, -0.15) is 0 Å². The summed E-state index contributed by atoms with van der Waals surface area (Å²) in [6.07, 6.45) is 8.65. The lowest BCUT2D eigenvalue weighted by atomic mass is 9.89. The van der Waals surface area contributed by atoms with Crippen molar-refractivity contribution in [3.8, 4) is 0 Å². The van der Waals surface area contributed by atoms with E-state index in [1.54, 1.807) is 5.48 Å². The Morgan fingerprint density at radius 1 is 1.19 bits per heavy atom. The van der Waals surface area contributed by atoms with Crippen molar-refractivity contribution in [3.05, 3.63) is 59.2 Å². The number of amides is 1. The van der Waals surface area contributed by atoms with Crippen molar-refractivity contribution in [1.29, 1.82) is 0 Å². The second kappa shape index (κ2) is 7.79. The molecule has 3 heteroatoms. The molecule has 0 bridgehead atoms. The number of rotatable bonds is 6. The van der Waals surface area contributed by atoms with Gasteiger partial charge in [-0.1, -0.05) is 60.6 Å². The van der Waals surface area contributed by atoms with E-state index >= 15 is 0 Å². The molecule has 0 aromatic heterocycles. The fourth-order valence-electron chi connectivity index (χ4n) is 2.68. The van der Waals surface area contributed by atoms with Gasteiger partial charge in [0, 0.05) is 0 Å². The summed E-state index contributed by atoms with van der Waals surface area (Å²) in [5.41, 5.74) is 5.61. The van der Waals surface area contributed by atoms with Crippen molar-refractivity contribution in [2.75, 3.05) is 0 Å². The topological polar surface area (TPSA) is 49.3 Å². The van der Waals surface area contributed by atoms with Crippen molar-refractivity contribution in [1.82, 2.24) is 5.48 Å². The van der Waals surface area contributed by atoms with Crippen molar-refractivity contribution in [3.63, 3.8) is 0 Å². The largest absolute Gasteiger partial charge is 0.289 e. The minimum Gasteiger partial charge on any atom is -0.289 e. The van der Waals surface area contributed by atoms with Crippen LogP contribution in [0.2, 0.25) is 0 Å².